The van der Waals surface area contributed by atoms with Gasteiger partial charge in [-0.1, -0.05) is 94.2 Å². The van der Waals surface area contributed by atoms with Crippen molar-refractivity contribution in [1.82, 2.24) is 4.90 Å². The van der Waals surface area contributed by atoms with Crippen LogP contribution in [0.15, 0.2) is 72.8 Å². The molecule has 0 aromatic heterocycles. The molecular formula is C45H71N3O6V. The fourth-order valence-electron chi connectivity index (χ4n) is 9.07. The van der Waals surface area contributed by atoms with Gasteiger partial charge in [0.1, 0.15) is 17.2 Å². The van der Waals surface area contributed by atoms with E-state index in [-0.39, 0.29) is 47.8 Å². The molecule has 3 saturated carbocycles. The molecule has 9 N–H and O–H groups in total. The number of ether oxygens (including phenoxy) is 1. The predicted octanol–water partition coefficient (Wildman–Crippen LogP) is 7.54. The van der Waals surface area contributed by atoms with Crippen LogP contribution in [-0.2, 0) is 18.6 Å². The van der Waals surface area contributed by atoms with E-state index in [4.69, 9.17) is 19.2 Å². The Balaban J connectivity index is 0.000000286. The maximum Gasteiger partial charge on any atom is 0.118 e. The second-order valence-electron chi connectivity index (χ2n) is 16.3. The van der Waals surface area contributed by atoms with Crippen molar-refractivity contribution < 1.29 is 51.8 Å². The van der Waals surface area contributed by atoms with Crippen molar-refractivity contribution in [3.8, 4) is 17.2 Å². The number of aromatic hydroxyl groups is 2. The van der Waals surface area contributed by atoms with E-state index in [1.54, 1.807) is 31.4 Å². The summed E-state index contributed by atoms with van der Waals surface area (Å²) in [4.78, 5) is 2.13. The third kappa shape index (κ3) is 13.2. The van der Waals surface area contributed by atoms with Crippen molar-refractivity contribution in [1.29, 1.82) is 0 Å². The van der Waals surface area contributed by atoms with Gasteiger partial charge < -0.3 is 46.6 Å². The minimum Gasteiger partial charge on any atom is -0.508 e. The standard InChI is InChI=1S/C16H25NO2.C15H23NO2.C14H21NO2.V.H2/c1-17(2)12-15(13-6-8-14(18)9-7-13)16(19)10-4-3-5-11-16;1-18-13-7-5-12(6-8-13)14(11-16)15(17)9-3-2-4-10-15;15-10-13(11-4-6-12(16)7-5-11)14(17)8-2-1-3-9-14;;/h6-9,15,18-19H,3-5,10-12H2,1-2H3;5-8,14,17H,2-4,9-11,16H2,1H3;4-7,13,16-17H,1-3,8-10,15H2;;1H/i;;;;1+1D. The summed E-state index contributed by atoms with van der Waals surface area (Å²) in [5, 5.41) is 51.2. The number of benzene rings is 3. The molecule has 0 amide bonds. The first-order valence-corrected chi connectivity index (χ1v) is 20.3. The van der Waals surface area contributed by atoms with Crippen LogP contribution in [0, 0.1) is 0 Å². The Morgan fingerprint density at radius 3 is 1.15 bits per heavy atom. The van der Waals surface area contributed by atoms with Gasteiger partial charge in [-0.05, 0) is 106 Å². The summed E-state index contributed by atoms with van der Waals surface area (Å²) in [6.45, 7) is 1.77. The van der Waals surface area contributed by atoms with Gasteiger partial charge in [0.15, 0.2) is 0 Å². The van der Waals surface area contributed by atoms with E-state index >= 15 is 0 Å². The first kappa shape index (κ1) is 45.1. The van der Waals surface area contributed by atoms with Gasteiger partial charge in [0.2, 0.25) is 0 Å². The summed E-state index contributed by atoms with van der Waals surface area (Å²) in [6, 6.07) is 22.2. The van der Waals surface area contributed by atoms with Gasteiger partial charge >= 0.3 is 0 Å². The largest absolute Gasteiger partial charge is 0.508 e. The smallest absolute Gasteiger partial charge is 0.118 e. The molecule has 3 aromatic carbocycles. The SMILES string of the molecule is CN(C)CC(c1ccc(O)cc1)C1(O)CCCCC1.COc1ccc(C(CN)C2(O)CCCCC2)cc1.NCC(c1ccc(O)cc1)C1(O)CCCCC1.[2H][2H].[V]. The molecule has 0 heterocycles. The predicted molar refractivity (Wildman–Crippen MR) is 220 cm³/mol. The van der Waals surface area contributed by atoms with Crippen molar-refractivity contribution in [3.05, 3.63) is 89.5 Å². The molecule has 10 heteroatoms. The number of phenolic OH excluding ortho intramolecular Hbond substituents is 2. The number of phenols is 2. The Morgan fingerprint density at radius 1 is 0.564 bits per heavy atom. The molecule has 0 spiro atoms. The summed E-state index contributed by atoms with van der Waals surface area (Å²) in [5.74, 6) is 1.49. The van der Waals surface area contributed by atoms with Crippen molar-refractivity contribution in [3.63, 3.8) is 0 Å². The van der Waals surface area contributed by atoms with Crippen LogP contribution in [0.5, 0.6) is 17.2 Å². The molecule has 3 aliphatic carbocycles. The van der Waals surface area contributed by atoms with Crippen LogP contribution < -0.4 is 16.2 Å². The third-order valence-electron chi connectivity index (χ3n) is 12.2. The van der Waals surface area contributed by atoms with E-state index in [1.807, 2.05) is 62.6 Å². The van der Waals surface area contributed by atoms with Crippen molar-refractivity contribution in [2.45, 2.75) is 131 Å². The Kier molecular flexibility index (Phi) is 18.3. The van der Waals surface area contributed by atoms with E-state index in [9.17, 15) is 25.5 Å². The normalized spacial score (nSPS) is 20.4. The third-order valence-corrected chi connectivity index (χ3v) is 12.2. The van der Waals surface area contributed by atoms with Gasteiger partial charge in [-0.15, -0.1) is 0 Å². The number of rotatable bonds is 11. The maximum atomic E-state index is 11.0. The van der Waals surface area contributed by atoms with Gasteiger partial charge in [-0.3, -0.25) is 0 Å². The van der Waals surface area contributed by atoms with Gasteiger partial charge in [-0.25, -0.2) is 0 Å². The molecule has 3 fully saturated rings. The van der Waals surface area contributed by atoms with Crippen molar-refractivity contribution >= 4 is 0 Å². The molecule has 9 nitrogen and oxygen atoms in total. The number of nitrogens with two attached hydrogens (primary N) is 2. The van der Waals surface area contributed by atoms with Crippen LogP contribution in [0.2, 0.25) is 0 Å². The molecule has 6 rings (SSSR count). The molecule has 0 aliphatic heterocycles. The minimum absolute atomic E-state index is 0. The second-order valence-corrected chi connectivity index (χ2v) is 16.3. The zero-order chi connectivity index (χ0) is 41.2. The average Bonchev–Trinajstić information content (AvgIpc) is 3.21. The molecular weight excluding hydrogens is 729 g/mol. The summed E-state index contributed by atoms with van der Waals surface area (Å²) in [5.41, 5.74) is 13.1. The van der Waals surface area contributed by atoms with E-state index in [2.05, 4.69) is 4.90 Å². The molecule has 3 aliphatic rings. The first-order chi connectivity index (χ1) is 26.9. The van der Waals surface area contributed by atoms with Gasteiger partial charge in [0.25, 0.3) is 0 Å². The Morgan fingerprint density at radius 2 is 0.855 bits per heavy atom. The number of likely N-dealkylation sites (N-methyl/N-ethyl adjacent to an activating group) is 1. The number of hydrogen-bond donors (Lipinski definition) is 7. The van der Waals surface area contributed by atoms with Crippen LogP contribution in [0.3, 0.4) is 0 Å². The van der Waals surface area contributed by atoms with E-state index in [1.165, 1.54) is 19.3 Å². The van der Waals surface area contributed by atoms with Crippen LogP contribution in [-0.4, -0.2) is 88.1 Å². The molecule has 0 saturated heterocycles. The molecule has 3 aromatic rings. The number of hydrogen-bond acceptors (Lipinski definition) is 9. The minimum atomic E-state index is -0.663. The van der Waals surface area contributed by atoms with E-state index in [0.29, 0.717) is 13.1 Å². The molecule has 307 valence electrons. The average molecular weight is 803 g/mol. The van der Waals surface area contributed by atoms with Gasteiger partial charge in [0.05, 0.1) is 23.9 Å². The Labute approximate surface area is 345 Å². The molecule has 1 radical (unpaired) electrons. The number of aliphatic hydroxyl groups is 3. The zero-order valence-electron chi connectivity index (χ0n) is 35.6. The topological polar surface area (TPSA) is 166 Å². The molecule has 3 unspecified atom stereocenters. The van der Waals surface area contributed by atoms with Gasteiger partial charge in [-0.2, -0.15) is 0 Å². The maximum absolute atomic E-state index is 11.0. The van der Waals surface area contributed by atoms with Crippen molar-refractivity contribution in [2.24, 2.45) is 11.5 Å². The Hall–Kier alpha value is -2.60. The molecule has 3 atom stereocenters. The Bertz CT molecular complexity index is 1500. The van der Waals surface area contributed by atoms with Crippen LogP contribution in [0.4, 0.5) is 0 Å². The van der Waals surface area contributed by atoms with Crippen molar-refractivity contribution in [2.75, 3.05) is 40.8 Å². The van der Waals surface area contributed by atoms with E-state index in [0.717, 1.165) is 106 Å². The summed E-state index contributed by atoms with van der Waals surface area (Å²) >= 11 is 0. The number of nitrogens with zero attached hydrogens (tertiary/aromatic N) is 1. The van der Waals surface area contributed by atoms with Crippen LogP contribution >= 0.6 is 0 Å². The number of methoxy groups -OCH3 is 1. The van der Waals surface area contributed by atoms with E-state index < -0.39 is 16.8 Å². The fraction of sp³-hybridized carbons (Fsp3) is 0.600. The summed E-state index contributed by atoms with van der Waals surface area (Å²) < 4.78 is 15.2. The quantitative estimate of drug-likeness (QED) is 0.104. The monoisotopic (exact) mass is 802 g/mol. The zero-order valence-corrected chi connectivity index (χ0v) is 35.0. The molecule has 0 bridgehead atoms. The van der Waals surface area contributed by atoms with Crippen LogP contribution in [0.25, 0.3) is 0 Å². The fourth-order valence-corrected chi connectivity index (χ4v) is 9.07. The summed E-state index contributed by atoms with van der Waals surface area (Å²) in [6.07, 6.45) is 15.4. The van der Waals surface area contributed by atoms with Gasteiger partial charge in [0, 0.05) is 58.9 Å². The second kappa shape index (κ2) is 22.4. The first-order valence-electron chi connectivity index (χ1n) is 21.3. The molecule has 55 heavy (non-hydrogen) atoms. The summed E-state index contributed by atoms with van der Waals surface area (Å²) in [7, 11) is 5.74. The van der Waals surface area contributed by atoms with Crippen LogP contribution in [0.1, 0.15) is 134 Å².